The SMILES string of the molecule is CN(C)C1(CNC2=NCCCN2)CCCCC1.I. The summed E-state index contributed by atoms with van der Waals surface area (Å²) in [6.45, 7) is 3.04. The summed E-state index contributed by atoms with van der Waals surface area (Å²) in [5.74, 6) is 1.00. The topological polar surface area (TPSA) is 39.7 Å². The molecular weight excluding hydrogens is 339 g/mol. The van der Waals surface area contributed by atoms with Crippen LogP contribution in [0.1, 0.15) is 38.5 Å². The van der Waals surface area contributed by atoms with Gasteiger partial charge < -0.3 is 15.5 Å². The van der Waals surface area contributed by atoms with E-state index in [9.17, 15) is 0 Å². The molecule has 1 aliphatic heterocycles. The lowest BCUT2D eigenvalue weighted by atomic mass is 9.80. The van der Waals surface area contributed by atoms with Gasteiger partial charge in [-0.1, -0.05) is 19.3 Å². The largest absolute Gasteiger partial charge is 0.356 e. The summed E-state index contributed by atoms with van der Waals surface area (Å²) in [5, 5.41) is 6.85. The van der Waals surface area contributed by atoms with Crippen molar-refractivity contribution in [3.05, 3.63) is 0 Å². The lowest BCUT2D eigenvalue weighted by molar-refractivity contribution is 0.104. The molecule has 2 rings (SSSR count). The molecule has 1 saturated carbocycles. The smallest absolute Gasteiger partial charge is 0.191 e. The summed E-state index contributed by atoms with van der Waals surface area (Å²) in [4.78, 5) is 6.89. The van der Waals surface area contributed by atoms with Crippen molar-refractivity contribution in [3.8, 4) is 0 Å². The third-order valence-electron chi connectivity index (χ3n) is 4.22. The van der Waals surface area contributed by atoms with E-state index in [0.717, 1.165) is 32.0 Å². The van der Waals surface area contributed by atoms with Crippen LogP contribution in [0, 0.1) is 0 Å². The quantitative estimate of drug-likeness (QED) is 0.749. The lowest BCUT2D eigenvalue weighted by Crippen LogP contribution is -2.55. The van der Waals surface area contributed by atoms with Gasteiger partial charge in [0, 0.05) is 25.2 Å². The molecule has 0 spiro atoms. The number of nitrogens with one attached hydrogen (secondary N) is 2. The van der Waals surface area contributed by atoms with E-state index in [4.69, 9.17) is 0 Å². The van der Waals surface area contributed by atoms with Crippen LogP contribution in [0.25, 0.3) is 0 Å². The number of hydrogen-bond acceptors (Lipinski definition) is 4. The molecule has 0 atom stereocenters. The second-order valence-corrected chi connectivity index (χ2v) is 5.54. The maximum absolute atomic E-state index is 4.48. The highest BCUT2D eigenvalue weighted by molar-refractivity contribution is 14.0. The van der Waals surface area contributed by atoms with Gasteiger partial charge in [0.15, 0.2) is 5.96 Å². The standard InChI is InChI=1S/C13H26N4.HI/c1-17(2)13(7-4-3-5-8-13)11-16-12-14-9-6-10-15-12;/h3-11H2,1-2H3,(H2,14,15,16);1H. The summed E-state index contributed by atoms with van der Waals surface area (Å²) in [7, 11) is 4.42. The summed E-state index contributed by atoms with van der Waals surface area (Å²) in [6.07, 6.45) is 7.89. The number of nitrogens with zero attached hydrogens (tertiary/aromatic N) is 2. The Morgan fingerprint density at radius 2 is 1.94 bits per heavy atom. The second-order valence-electron chi connectivity index (χ2n) is 5.54. The van der Waals surface area contributed by atoms with Gasteiger partial charge in [-0.05, 0) is 33.4 Å². The molecule has 0 aromatic rings. The minimum atomic E-state index is 0. The van der Waals surface area contributed by atoms with Gasteiger partial charge in [-0.2, -0.15) is 0 Å². The first kappa shape index (κ1) is 16.0. The molecule has 1 aliphatic carbocycles. The van der Waals surface area contributed by atoms with Crippen LogP contribution >= 0.6 is 24.0 Å². The highest BCUT2D eigenvalue weighted by Gasteiger charge is 2.34. The molecule has 2 aliphatic rings. The van der Waals surface area contributed by atoms with E-state index in [0.29, 0.717) is 5.54 Å². The molecule has 0 aromatic heterocycles. The van der Waals surface area contributed by atoms with Gasteiger partial charge in [-0.3, -0.25) is 4.99 Å². The monoisotopic (exact) mass is 366 g/mol. The molecule has 0 saturated heterocycles. The Labute approximate surface area is 128 Å². The fraction of sp³-hybridized carbons (Fsp3) is 0.923. The average Bonchev–Trinajstić information content (AvgIpc) is 2.38. The van der Waals surface area contributed by atoms with Crippen molar-refractivity contribution in [1.82, 2.24) is 15.5 Å². The summed E-state index contributed by atoms with van der Waals surface area (Å²) in [5.41, 5.74) is 0.333. The Balaban J connectivity index is 0.00000162. The Hall–Kier alpha value is -0.0400. The van der Waals surface area contributed by atoms with Crippen LogP contribution in [0.3, 0.4) is 0 Å². The Bertz CT molecular complexity index is 272. The molecular formula is C13H27IN4. The molecule has 0 amide bonds. The van der Waals surface area contributed by atoms with Crippen molar-refractivity contribution in [3.63, 3.8) is 0 Å². The molecule has 4 nitrogen and oxygen atoms in total. The zero-order valence-corrected chi connectivity index (χ0v) is 14.0. The zero-order valence-electron chi connectivity index (χ0n) is 11.7. The molecule has 1 heterocycles. The third kappa shape index (κ3) is 3.98. The van der Waals surface area contributed by atoms with E-state index in [-0.39, 0.29) is 24.0 Å². The van der Waals surface area contributed by atoms with E-state index in [1.807, 2.05) is 0 Å². The van der Waals surface area contributed by atoms with Crippen molar-refractivity contribution in [2.75, 3.05) is 33.7 Å². The maximum Gasteiger partial charge on any atom is 0.191 e. The van der Waals surface area contributed by atoms with E-state index in [1.54, 1.807) is 0 Å². The molecule has 1 fully saturated rings. The minimum Gasteiger partial charge on any atom is -0.356 e. The number of rotatable bonds is 3. The predicted molar refractivity (Wildman–Crippen MR) is 87.8 cm³/mol. The van der Waals surface area contributed by atoms with Crippen LogP contribution in [0.4, 0.5) is 0 Å². The third-order valence-corrected chi connectivity index (χ3v) is 4.22. The van der Waals surface area contributed by atoms with Gasteiger partial charge in [-0.15, -0.1) is 24.0 Å². The van der Waals surface area contributed by atoms with Crippen molar-refractivity contribution in [1.29, 1.82) is 0 Å². The highest BCUT2D eigenvalue weighted by Crippen LogP contribution is 2.31. The molecule has 106 valence electrons. The minimum absolute atomic E-state index is 0. The van der Waals surface area contributed by atoms with Crippen LogP contribution in [0.15, 0.2) is 4.99 Å². The first-order valence-corrected chi connectivity index (χ1v) is 6.93. The van der Waals surface area contributed by atoms with E-state index >= 15 is 0 Å². The van der Waals surface area contributed by atoms with E-state index in [1.165, 1.54) is 32.1 Å². The van der Waals surface area contributed by atoms with Crippen LogP contribution in [0.5, 0.6) is 0 Å². The van der Waals surface area contributed by atoms with Gasteiger partial charge in [-0.25, -0.2) is 0 Å². The Kier molecular flexibility index (Phi) is 6.70. The average molecular weight is 366 g/mol. The van der Waals surface area contributed by atoms with E-state index in [2.05, 4.69) is 34.6 Å². The molecule has 0 aromatic carbocycles. The first-order valence-electron chi connectivity index (χ1n) is 6.93. The number of aliphatic imine (C=N–C) groups is 1. The molecule has 2 N–H and O–H groups in total. The van der Waals surface area contributed by atoms with Gasteiger partial charge in [0.25, 0.3) is 0 Å². The molecule has 18 heavy (non-hydrogen) atoms. The van der Waals surface area contributed by atoms with Gasteiger partial charge in [0.1, 0.15) is 0 Å². The fourth-order valence-corrected chi connectivity index (χ4v) is 2.89. The summed E-state index contributed by atoms with van der Waals surface area (Å²) < 4.78 is 0. The summed E-state index contributed by atoms with van der Waals surface area (Å²) in [6, 6.07) is 0. The number of hydrogen-bond donors (Lipinski definition) is 2. The normalized spacial score (nSPS) is 22.7. The maximum atomic E-state index is 4.48. The number of likely N-dealkylation sites (N-methyl/N-ethyl adjacent to an activating group) is 1. The number of guanidine groups is 1. The van der Waals surface area contributed by atoms with Gasteiger partial charge in [0.2, 0.25) is 0 Å². The van der Waals surface area contributed by atoms with Crippen LogP contribution < -0.4 is 10.6 Å². The van der Waals surface area contributed by atoms with Gasteiger partial charge >= 0.3 is 0 Å². The second kappa shape index (κ2) is 7.53. The van der Waals surface area contributed by atoms with Crippen molar-refractivity contribution < 1.29 is 0 Å². The van der Waals surface area contributed by atoms with Crippen molar-refractivity contribution in [2.24, 2.45) is 4.99 Å². The zero-order chi connectivity index (χ0) is 12.1. The molecule has 5 heteroatoms. The Morgan fingerprint density at radius 1 is 1.22 bits per heavy atom. The highest BCUT2D eigenvalue weighted by atomic mass is 127. The Morgan fingerprint density at radius 3 is 2.50 bits per heavy atom. The van der Waals surface area contributed by atoms with Crippen LogP contribution in [-0.4, -0.2) is 50.1 Å². The first-order chi connectivity index (χ1) is 8.23. The molecule has 0 radical (unpaired) electrons. The van der Waals surface area contributed by atoms with Gasteiger partial charge in [0.05, 0.1) is 0 Å². The summed E-state index contributed by atoms with van der Waals surface area (Å²) >= 11 is 0. The molecule has 0 unspecified atom stereocenters. The number of halogens is 1. The van der Waals surface area contributed by atoms with Crippen molar-refractivity contribution >= 4 is 29.9 Å². The van der Waals surface area contributed by atoms with Crippen molar-refractivity contribution in [2.45, 2.75) is 44.1 Å². The predicted octanol–water partition coefficient (Wildman–Crippen LogP) is 1.81. The van der Waals surface area contributed by atoms with Crippen LogP contribution in [-0.2, 0) is 0 Å². The van der Waals surface area contributed by atoms with Crippen LogP contribution in [0.2, 0.25) is 0 Å². The van der Waals surface area contributed by atoms with E-state index < -0.39 is 0 Å². The lowest BCUT2D eigenvalue weighted by Gasteiger charge is -2.43. The molecule has 0 bridgehead atoms. The fourth-order valence-electron chi connectivity index (χ4n) is 2.89.